The van der Waals surface area contributed by atoms with Gasteiger partial charge in [0, 0.05) is 6.61 Å². The smallest absolute Gasteiger partial charge is 0.0436 e. The lowest BCUT2D eigenvalue weighted by atomic mass is 10.3. The molecule has 1 aliphatic rings. The molecular formula is C5H9O. The van der Waals surface area contributed by atoms with Crippen molar-refractivity contribution in [3.05, 3.63) is 5.92 Å². The summed E-state index contributed by atoms with van der Waals surface area (Å²) in [4.78, 5) is 0. The van der Waals surface area contributed by atoms with Gasteiger partial charge in [-0.25, -0.2) is 0 Å². The Morgan fingerprint density at radius 2 is 2.17 bits per heavy atom. The second-order valence-electron chi connectivity index (χ2n) is 1.72. The average Bonchev–Trinajstić information content (AvgIpc) is 2.21. The highest BCUT2D eigenvalue weighted by Gasteiger charge is 2.20. The molecule has 1 fully saturated rings. The minimum absolute atomic E-state index is 0.356. The molecule has 0 heterocycles. The summed E-state index contributed by atoms with van der Waals surface area (Å²) < 4.78 is 0. The first-order valence-electron chi connectivity index (χ1n) is 2.38. The normalized spacial score (nSPS) is 21.5. The fourth-order valence-electron chi connectivity index (χ4n) is 0.497. The van der Waals surface area contributed by atoms with Crippen molar-refractivity contribution in [2.24, 2.45) is 0 Å². The Morgan fingerprint density at radius 1 is 1.50 bits per heavy atom. The lowest BCUT2D eigenvalue weighted by Crippen LogP contribution is -1.79. The number of aliphatic hydroxyl groups excluding tert-OH is 1. The number of hydrogen-bond donors (Lipinski definition) is 1. The van der Waals surface area contributed by atoms with Crippen LogP contribution in [-0.2, 0) is 0 Å². The minimum atomic E-state index is 0.356. The summed E-state index contributed by atoms with van der Waals surface area (Å²) in [6, 6.07) is 0. The first kappa shape index (κ1) is 4.13. The van der Waals surface area contributed by atoms with Crippen molar-refractivity contribution in [1.29, 1.82) is 0 Å². The summed E-state index contributed by atoms with van der Waals surface area (Å²) in [6.45, 7) is 0.356. The summed E-state index contributed by atoms with van der Waals surface area (Å²) in [5.41, 5.74) is 0. The molecule has 35 valence electrons. The molecule has 1 aliphatic carbocycles. The lowest BCUT2D eigenvalue weighted by molar-refractivity contribution is 0.296. The van der Waals surface area contributed by atoms with Crippen LogP contribution in [0, 0.1) is 5.92 Å². The monoisotopic (exact) mass is 85.1 g/mol. The van der Waals surface area contributed by atoms with Gasteiger partial charge in [-0.3, -0.25) is 0 Å². The van der Waals surface area contributed by atoms with E-state index in [0.717, 1.165) is 6.42 Å². The van der Waals surface area contributed by atoms with E-state index in [1.165, 1.54) is 18.8 Å². The van der Waals surface area contributed by atoms with Gasteiger partial charge in [-0.1, -0.05) is 0 Å². The molecule has 0 bridgehead atoms. The molecule has 0 aliphatic heterocycles. The second kappa shape index (κ2) is 1.61. The summed E-state index contributed by atoms with van der Waals surface area (Å²) in [5.74, 6) is 1.54. The van der Waals surface area contributed by atoms with Gasteiger partial charge in [0.05, 0.1) is 0 Å². The Hall–Kier alpha value is -0.0400. The zero-order chi connectivity index (χ0) is 4.41. The van der Waals surface area contributed by atoms with E-state index in [0.29, 0.717) is 6.61 Å². The molecule has 0 atom stereocenters. The molecule has 0 amide bonds. The van der Waals surface area contributed by atoms with E-state index in [-0.39, 0.29) is 0 Å². The van der Waals surface area contributed by atoms with Gasteiger partial charge in [0.1, 0.15) is 0 Å². The summed E-state index contributed by atoms with van der Waals surface area (Å²) in [6.07, 6.45) is 3.51. The van der Waals surface area contributed by atoms with Crippen LogP contribution in [0.2, 0.25) is 0 Å². The van der Waals surface area contributed by atoms with Gasteiger partial charge < -0.3 is 5.11 Å². The Kier molecular flexibility index (Phi) is 1.10. The molecule has 0 aromatic rings. The van der Waals surface area contributed by atoms with Gasteiger partial charge in [-0.15, -0.1) is 0 Å². The molecule has 0 saturated heterocycles. The first-order chi connectivity index (χ1) is 2.93. The highest BCUT2D eigenvalue weighted by molar-refractivity contribution is 5.04. The van der Waals surface area contributed by atoms with E-state index in [4.69, 9.17) is 5.11 Å². The van der Waals surface area contributed by atoms with Crippen molar-refractivity contribution >= 4 is 0 Å². The van der Waals surface area contributed by atoms with Crippen molar-refractivity contribution in [2.45, 2.75) is 19.3 Å². The third kappa shape index (κ3) is 0.977. The van der Waals surface area contributed by atoms with Crippen LogP contribution in [0.15, 0.2) is 0 Å². The Morgan fingerprint density at radius 3 is 2.33 bits per heavy atom. The molecule has 0 unspecified atom stereocenters. The zero-order valence-electron chi connectivity index (χ0n) is 3.78. The van der Waals surface area contributed by atoms with Crippen LogP contribution in [0.1, 0.15) is 19.3 Å². The zero-order valence-corrected chi connectivity index (χ0v) is 3.78. The van der Waals surface area contributed by atoms with Crippen molar-refractivity contribution in [3.8, 4) is 0 Å². The van der Waals surface area contributed by atoms with Crippen molar-refractivity contribution in [1.82, 2.24) is 0 Å². The Balaban J connectivity index is 1.88. The molecule has 1 rings (SSSR count). The van der Waals surface area contributed by atoms with Crippen LogP contribution >= 0.6 is 0 Å². The highest BCUT2D eigenvalue weighted by atomic mass is 16.3. The van der Waals surface area contributed by atoms with Crippen LogP contribution in [0.5, 0.6) is 0 Å². The summed E-state index contributed by atoms with van der Waals surface area (Å²) in [5, 5.41) is 8.26. The van der Waals surface area contributed by atoms with Gasteiger partial charge in [-0.2, -0.15) is 0 Å². The molecule has 0 aromatic heterocycles. The molecule has 1 radical (unpaired) electrons. The standard InChI is InChI=1S/C5H9O/c6-4-3-5-1-2-5/h6H,1-4H2. The fourth-order valence-corrected chi connectivity index (χ4v) is 0.497. The number of hydrogen-bond acceptors (Lipinski definition) is 1. The van der Waals surface area contributed by atoms with Gasteiger partial charge in [-0.05, 0) is 25.2 Å². The van der Waals surface area contributed by atoms with E-state index >= 15 is 0 Å². The maximum absolute atomic E-state index is 8.26. The van der Waals surface area contributed by atoms with Gasteiger partial charge >= 0.3 is 0 Å². The van der Waals surface area contributed by atoms with Gasteiger partial charge in [0.25, 0.3) is 0 Å². The Labute approximate surface area is 38.0 Å². The number of aliphatic hydroxyl groups is 1. The van der Waals surface area contributed by atoms with Crippen molar-refractivity contribution < 1.29 is 5.11 Å². The minimum Gasteiger partial charge on any atom is -0.396 e. The predicted molar refractivity (Wildman–Crippen MR) is 24.2 cm³/mol. The van der Waals surface area contributed by atoms with E-state index in [1.807, 2.05) is 0 Å². The highest BCUT2D eigenvalue weighted by Crippen LogP contribution is 2.34. The summed E-state index contributed by atoms with van der Waals surface area (Å²) in [7, 11) is 0. The van der Waals surface area contributed by atoms with E-state index in [1.54, 1.807) is 0 Å². The topological polar surface area (TPSA) is 20.2 Å². The fraction of sp³-hybridized carbons (Fsp3) is 0.800. The van der Waals surface area contributed by atoms with Crippen LogP contribution in [0.3, 0.4) is 0 Å². The van der Waals surface area contributed by atoms with Gasteiger partial charge in [0.2, 0.25) is 0 Å². The number of rotatable bonds is 2. The molecule has 1 N–H and O–H groups in total. The maximum atomic E-state index is 8.26. The van der Waals surface area contributed by atoms with E-state index in [9.17, 15) is 0 Å². The molecule has 0 spiro atoms. The molecule has 1 saturated carbocycles. The van der Waals surface area contributed by atoms with Crippen LogP contribution < -0.4 is 0 Å². The Bertz CT molecular complexity index is 39.2. The molecule has 1 nitrogen and oxygen atoms in total. The largest absolute Gasteiger partial charge is 0.396 e. The first-order valence-corrected chi connectivity index (χ1v) is 2.38. The third-order valence-corrected chi connectivity index (χ3v) is 1.07. The molecule has 0 aromatic carbocycles. The predicted octanol–water partition coefficient (Wildman–Crippen LogP) is 0.737. The molecular weight excluding hydrogens is 76.1 g/mol. The molecule has 6 heavy (non-hydrogen) atoms. The summed E-state index contributed by atoms with van der Waals surface area (Å²) >= 11 is 0. The third-order valence-electron chi connectivity index (χ3n) is 1.07. The quantitative estimate of drug-likeness (QED) is 0.524. The SMILES string of the molecule is OCC[C]1CC1. The second-order valence-corrected chi connectivity index (χ2v) is 1.72. The van der Waals surface area contributed by atoms with Crippen molar-refractivity contribution in [2.75, 3.05) is 6.61 Å². The maximum Gasteiger partial charge on any atom is 0.0436 e. The van der Waals surface area contributed by atoms with Crippen molar-refractivity contribution in [3.63, 3.8) is 0 Å². The van der Waals surface area contributed by atoms with E-state index in [2.05, 4.69) is 0 Å². The molecule has 1 heteroatoms. The van der Waals surface area contributed by atoms with Crippen LogP contribution in [-0.4, -0.2) is 11.7 Å². The van der Waals surface area contributed by atoms with Crippen LogP contribution in [0.4, 0.5) is 0 Å². The van der Waals surface area contributed by atoms with E-state index < -0.39 is 0 Å². The van der Waals surface area contributed by atoms with Crippen LogP contribution in [0.25, 0.3) is 0 Å². The van der Waals surface area contributed by atoms with Gasteiger partial charge in [0.15, 0.2) is 0 Å². The lowest BCUT2D eigenvalue weighted by Gasteiger charge is -1.82. The average molecular weight is 85.1 g/mol.